The Morgan fingerprint density at radius 2 is 1.87 bits per heavy atom. The minimum atomic E-state index is -4.64. The second-order valence-electron chi connectivity index (χ2n) is 9.32. The second kappa shape index (κ2) is 12.9. The van der Waals surface area contributed by atoms with Crippen LogP contribution in [-0.2, 0) is 16.1 Å². The molecule has 0 radical (unpaired) electrons. The number of carbonyl (C=O) groups is 2. The van der Waals surface area contributed by atoms with E-state index in [1.54, 1.807) is 42.6 Å². The Morgan fingerprint density at radius 3 is 2.49 bits per heavy atom. The lowest BCUT2D eigenvalue weighted by Gasteiger charge is -2.38. The van der Waals surface area contributed by atoms with Crippen LogP contribution in [0, 0.1) is 11.3 Å². The minimum absolute atomic E-state index is 0.0418. The molecule has 0 spiro atoms. The van der Waals surface area contributed by atoms with E-state index in [9.17, 15) is 32.8 Å². The summed E-state index contributed by atoms with van der Waals surface area (Å²) in [6.45, 7) is 4.66. The van der Waals surface area contributed by atoms with Crippen LogP contribution in [0.15, 0.2) is 29.1 Å². The van der Waals surface area contributed by atoms with Crippen LogP contribution in [0.5, 0.6) is 0 Å². The predicted molar refractivity (Wildman–Crippen MR) is 144 cm³/mol. The first kappa shape index (κ1) is 29.9. The molecule has 1 saturated heterocycles. The normalized spacial score (nSPS) is 19.3. The van der Waals surface area contributed by atoms with Crippen LogP contribution in [0.25, 0.3) is 11.8 Å². The summed E-state index contributed by atoms with van der Waals surface area (Å²) in [5, 5.41) is 17.0. The maximum absolute atomic E-state index is 12.9. The number of piperidine rings is 1. The largest absolute Gasteiger partial charge is 0.405 e. The molecule has 3 N–H and O–H groups in total. The van der Waals surface area contributed by atoms with Crippen molar-refractivity contribution in [2.45, 2.75) is 64.8 Å². The zero-order valence-electron chi connectivity index (χ0n) is 21.9. The molecular formula is C26H31F3N6O3S. The van der Waals surface area contributed by atoms with Crippen LogP contribution >= 0.6 is 11.3 Å². The summed E-state index contributed by atoms with van der Waals surface area (Å²) >= 11 is 0.814. The quantitative estimate of drug-likeness (QED) is 0.453. The topological polar surface area (TPSA) is 119 Å². The van der Waals surface area contributed by atoms with Crippen molar-refractivity contribution in [2.24, 2.45) is 0 Å². The molecule has 9 nitrogen and oxygen atoms in total. The van der Waals surface area contributed by atoms with Crippen molar-refractivity contribution < 1.29 is 22.8 Å². The predicted octanol–water partition coefficient (Wildman–Crippen LogP) is 2.33. The van der Waals surface area contributed by atoms with Crippen molar-refractivity contribution in [3.63, 3.8) is 0 Å². The molecule has 2 heterocycles. The average Bonchev–Trinajstić information content (AvgIpc) is 3.18. The lowest BCUT2D eigenvalue weighted by atomic mass is 9.97. The SMILES string of the molecule is CCn1c(=C(C#N)C(=O)NCC(F)(F)F)sc(=CNc2cccc(NC(=O)CN3C(C)CCCC3C)c2)c1=O. The summed E-state index contributed by atoms with van der Waals surface area (Å²) < 4.78 is 38.8. The number of alkyl halides is 3. The number of hydrogen-bond acceptors (Lipinski definition) is 7. The van der Waals surface area contributed by atoms with E-state index in [0.717, 1.165) is 35.2 Å². The van der Waals surface area contributed by atoms with Crippen molar-refractivity contribution in [2.75, 3.05) is 23.7 Å². The Kier molecular flexibility index (Phi) is 9.93. The summed E-state index contributed by atoms with van der Waals surface area (Å²) in [7, 11) is 0. The van der Waals surface area contributed by atoms with Crippen molar-refractivity contribution in [3.8, 4) is 6.07 Å². The van der Waals surface area contributed by atoms with Crippen molar-refractivity contribution in [1.82, 2.24) is 14.8 Å². The minimum Gasteiger partial charge on any atom is -0.360 e. The van der Waals surface area contributed by atoms with Crippen LogP contribution in [0.1, 0.15) is 40.0 Å². The van der Waals surface area contributed by atoms with Crippen LogP contribution in [0.2, 0.25) is 0 Å². The highest BCUT2D eigenvalue weighted by atomic mass is 32.1. The molecule has 1 aromatic heterocycles. The number of aromatic nitrogens is 1. The summed E-state index contributed by atoms with van der Waals surface area (Å²) in [5.74, 6) is -1.34. The van der Waals surface area contributed by atoms with E-state index in [2.05, 4.69) is 29.4 Å². The molecule has 39 heavy (non-hydrogen) atoms. The molecule has 0 aliphatic carbocycles. The fourth-order valence-electron chi connectivity index (χ4n) is 4.45. The van der Waals surface area contributed by atoms with E-state index in [1.807, 2.05) is 0 Å². The first-order valence-electron chi connectivity index (χ1n) is 12.5. The van der Waals surface area contributed by atoms with Crippen LogP contribution in [-0.4, -0.2) is 52.6 Å². The molecule has 0 bridgehead atoms. The zero-order chi connectivity index (χ0) is 28.7. The van der Waals surface area contributed by atoms with E-state index >= 15 is 0 Å². The molecule has 1 aliphatic rings. The van der Waals surface area contributed by atoms with Gasteiger partial charge in [0.1, 0.15) is 21.8 Å². The number of rotatable bonds is 8. The maximum atomic E-state index is 12.9. The molecule has 2 aromatic rings. The van der Waals surface area contributed by atoms with Crippen LogP contribution in [0.3, 0.4) is 0 Å². The Balaban J connectivity index is 1.80. The maximum Gasteiger partial charge on any atom is 0.405 e. The van der Waals surface area contributed by atoms with E-state index in [1.165, 1.54) is 6.20 Å². The Labute approximate surface area is 227 Å². The lowest BCUT2D eigenvalue weighted by molar-refractivity contribution is -0.135. The fourth-order valence-corrected chi connectivity index (χ4v) is 5.53. The monoisotopic (exact) mass is 564 g/mol. The van der Waals surface area contributed by atoms with Gasteiger partial charge in [0.25, 0.3) is 11.5 Å². The molecule has 210 valence electrons. The van der Waals surface area contributed by atoms with Gasteiger partial charge >= 0.3 is 6.18 Å². The molecule has 1 fully saturated rings. The fraction of sp³-hybridized carbons (Fsp3) is 0.462. The number of hydrogen-bond donors (Lipinski definition) is 3. The van der Waals surface area contributed by atoms with Crippen molar-refractivity contribution >= 4 is 46.3 Å². The Morgan fingerprint density at radius 1 is 1.21 bits per heavy atom. The van der Waals surface area contributed by atoms with Gasteiger partial charge in [0.15, 0.2) is 5.57 Å². The third kappa shape index (κ3) is 7.93. The van der Waals surface area contributed by atoms with Gasteiger partial charge < -0.3 is 16.0 Å². The highest BCUT2D eigenvalue weighted by Gasteiger charge is 2.29. The second-order valence-corrected chi connectivity index (χ2v) is 10.4. The third-order valence-corrected chi connectivity index (χ3v) is 7.57. The third-order valence-electron chi connectivity index (χ3n) is 6.44. The van der Waals surface area contributed by atoms with Gasteiger partial charge in [0.2, 0.25) is 5.91 Å². The first-order valence-corrected chi connectivity index (χ1v) is 13.4. The van der Waals surface area contributed by atoms with Gasteiger partial charge in [-0.15, -0.1) is 11.3 Å². The number of nitrogens with one attached hydrogen (secondary N) is 3. The number of carbonyl (C=O) groups excluding carboxylic acids is 2. The molecule has 3 rings (SSSR count). The van der Waals surface area contributed by atoms with E-state index in [0.29, 0.717) is 23.5 Å². The zero-order valence-corrected chi connectivity index (χ0v) is 22.7. The Hall–Kier alpha value is -3.63. The van der Waals surface area contributed by atoms with Gasteiger partial charge in [-0.05, 0) is 51.8 Å². The smallest absolute Gasteiger partial charge is 0.360 e. The molecule has 2 amide bonds. The summed E-state index contributed by atoms with van der Waals surface area (Å²) in [6.07, 6.45) is 0.0211. The highest BCUT2D eigenvalue weighted by molar-refractivity contribution is 7.07. The number of nitrogens with zero attached hydrogens (tertiary/aromatic N) is 3. The number of benzene rings is 1. The summed E-state index contributed by atoms with van der Waals surface area (Å²) in [6, 6.07) is 9.18. The van der Waals surface area contributed by atoms with Gasteiger partial charge in [-0.2, -0.15) is 18.4 Å². The van der Waals surface area contributed by atoms with Gasteiger partial charge in [-0.25, -0.2) is 0 Å². The molecule has 13 heteroatoms. The van der Waals surface area contributed by atoms with E-state index < -0.39 is 29.8 Å². The molecular weight excluding hydrogens is 533 g/mol. The van der Waals surface area contributed by atoms with Crippen molar-refractivity contribution in [3.05, 3.63) is 43.8 Å². The standard InChI is InChI=1S/C26H31F3N6O3S/c1-4-34-24(38)21(39-25(34)20(12-30)23(37)32-15-26(27,28)29)13-31-18-9-6-10-19(11-18)33-22(36)14-35-16(2)7-5-8-17(35)3/h6,9-11,13,16-17,31H,4-5,7-8,14-15H2,1-3H3,(H,32,37)(H,33,36). The van der Waals surface area contributed by atoms with E-state index in [-0.39, 0.29) is 28.2 Å². The van der Waals surface area contributed by atoms with Gasteiger partial charge in [-0.3, -0.25) is 23.9 Å². The van der Waals surface area contributed by atoms with E-state index in [4.69, 9.17) is 0 Å². The molecule has 2 unspecified atom stereocenters. The summed E-state index contributed by atoms with van der Waals surface area (Å²) in [4.78, 5) is 40.0. The number of amides is 2. The molecule has 1 aliphatic heterocycles. The molecule has 1 aromatic carbocycles. The first-order chi connectivity index (χ1) is 18.4. The lowest BCUT2D eigenvalue weighted by Crippen LogP contribution is -2.47. The highest BCUT2D eigenvalue weighted by Crippen LogP contribution is 2.22. The van der Waals surface area contributed by atoms with Crippen LogP contribution in [0.4, 0.5) is 24.5 Å². The van der Waals surface area contributed by atoms with Crippen LogP contribution < -0.4 is 30.7 Å². The number of thiazole rings is 1. The summed E-state index contributed by atoms with van der Waals surface area (Å²) in [5.41, 5.74) is 0.0489. The van der Waals surface area contributed by atoms with Gasteiger partial charge in [-0.1, -0.05) is 12.5 Å². The van der Waals surface area contributed by atoms with Gasteiger partial charge in [0.05, 0.1) is 6.54 Å². The number of anilines is 2. The number of halogens is 3. The molecule has 2 atom stereocenters. The Bertz CT molecular complexity index is 1420. The average molecular weight is 565 g/mol. The van der Waals surface area contributed by atoms with Gasteiger partial charge in [0, 0.05) is 36.2 Å². The number of likely N-dealkylation sites (tertiary alicyclic amines) is 1. The molecule has 0 saturated carbocycles. The van der Waals surface area contributed by atoms with Crippen molar-refractivity contribution in [1.29, 1.82) is 5.26 Å². The number of nitriles is 1.